The summed E-state index contributed by atoms with van der Waals surface area (Å²) in [4.78, 5) is 31.3. The Morgan fingerprint density at radius 3 is 2.63 bits per heavy atom. The van der Waals surface area contributed by atoms with E-state index < -0.39 is 0 Å². The van der Waals surface area contributed by atoms with E-state index in [1.807, 2.05) is 22.9 Å². The minimum absolute atomic E-state index is 0.0855. The predicted octanol–water partition coefficient (Wildman–Crippen LogP) is 1.52. The summed E-state index contributed by atoms with van der Waals surface area (Å²) in [6.45, 7) is 9.30. The number of piperidine rings is 2. The Hall–Kier alpha value is -1.89. The van der Waals surface area contributed by atoms with Gasteiger partial charge in [-0.15, -0.1) is 0 Å². The van der Waals surface area contributed by atoms with Crippen LogP contribution in [0.25, 0.3) is 0 Å². The molecule has 1 atom stereocenters. The van der Waals surface area contributed by atoms with Crippen molar-refractivity contribution in [2.45, 2.75) is 58.5 Å². The standard InChI is InChI=1S/C20H33N5O2/c1-17-13-21-24(14-17)16-20(27)23-10-6-7-19(15-23)25(18(2)26)12-11-22-8-4-3-5-9-22/h13-14,19H,3-12,15-16H2,1-2H3. The summed E-state index contributed by atoms with van der Waals surface area (Å²) in [6.07, 6.45) is 9.43. The average molecular weight is 376 g/mol. The van der Waals surface area contributed by atoms with Gasteiger partial charge in [0.2, 0.25) is 11.8 Å². The molecule has 2 aliphatic heterocycles. The summed E-state index contributed by atoms with van der Waals surface area (Å²) < 4.78 is 1.69. The summed E-state index contributed by atoms with van der Waals surface area (Å²) >= 11 is 0. The maximum absolute atomic E-state index is 12.7. The Bertz CT molecular complexity index is 638. The predicted molar refractivity (Wildman–Crippen MR) is 104 cm³/mol. The Morgan fingerprint density at radius 1 is 1.19 bits per heavy atom. The largest absolute Gasteiger partial charge is 0.339 e. The van der Waals surface area contributed by atoms with E-state index in [2.05, 4.69) is 10.00 Å². The Kier molecular flexibility index (Phi) is 6.88. The number of likely N-dealkylation sites (tertiary alicyclic amines) is 2. The number of hydrogen-bond acceptors (Lipinski definition) is 4. The lowest BCUT2D eigenvalue weighted by molar-refractivity contribution is -0.139. The number of carbonyl (C=O) groups excluding carboxylic acids is 2. The molecule has 0 N–H and O–H groups in total. The maximum Gasteiger partial charge on any atom is 0.244 e. The molecule has 2 aliphatic rings. The second-order valence-electron chi connectivity index (χ2n) is 7.97. The van der Waals surface area contributed by atoms with Crippen molar-refractivity contribution in [1.29, 1.82) is 0 Å². The molecule has 2 amide bonds. The summed E-state index contributed by atoms with van der Waals surface area (Å²) in [7, 11) is 0. The molecule has 1 aromatic heterocycles. The molecule has 2 fully saturated rings. The first-order valence-corrected chi connectivity index (χ1v) is 10.3. The Labute approximate surface area is 162 Å². The van der Waals surface area contributed by atoms with Crippen LogP contribution in [0.3, 0.4) is 0 Å². The highest BCUT2D eigenvalue weighted by molar-refractivity contribution is 5.76. The SMILES string of the molecule is CC(=O)N(CCN1CCCCC1)C1CCCN(C(=O)Cn2cc(C)cn2)C1. The Morgan fingerprint density at radius 2 is 1.96 bits per heavy atom. The maximum atomic E-state index is 12.7. The first kappa shape index (κ1) is 19.9. The Balaban J connectivity index is 1.54. The van der Waals surface area contributed by atoms with Crippen LogP contribution in [-0.2, 0) is 16.1 Å². The number of aromatic nitrogens is 2. The molecule has 0 bridgehead atoms. The van der Waals surface area contributed by atoms with Crippen molar-refractivity contribution in [3.8, 4) is 0 Å². The van der Waals surface area contributed by atoms with Gasteiger partial charge >= 0.3 is 0 Å². The summed E-state index contributed by atoms with van der Waals surface area (Å²) in [5.41, 5.74) is 1.06. The lowest BCUT2D eigenvalue weighted by Crippen LogP contribution is -2.53. The molecule has 2 saturated heterocycles. The molecule has 3 rings (SSSR count). The van der Waals surface area contributed by atoms with Crippen LogP contribution in [0.2, 0.25) is 0 Å². The van der Waals surface area contributed by atoms with Crippen LogP contribution in [0.1, 0.15) is 44.6 Å². The molecular formula is C20H33N5O2. The van der Waals surface area contributed by atoms with Gasteiger partial charge in [0.15, 0.2) is 0 Å². The third-order valence-corrected chi connectivity index (χ3v) is 5.76. The van der Waals surface area contributed by atoms with Crippen molar-refractivity contribution >= 4 is 11.8 Å². The van der Waals surface area contributed by atoms with E-state index >= 15 is 0 Å². The van der Waals surface area contributed by atoms with Crippen LogP contribution in [0.4, 0.5) is 0 Å². The van der Waals surface area contributed by atoms with Gasteiger partial charge in [0, 0.05) is 45.3 Å². The fraction of sp³-hybridized carbons (Fsp3) is 0.750. The quantitative estimate of drug-likeness (QED) is 0.756. The van der Waals surface area contributed by atoms with Crippen LogP contribution < -0.4 is 0 Å². The number of aryl methyl sites for hydroxylation is 1. The van der Waals surface area contributed by atoms with Gasteiger partial charge < -0.3 is 14.7 Å². The van der Waals surface area contributed by atoms with E-state index in [4.69, 9.17) is 0 Å². The number of nitrogens with zero attached hydrogens (tertiary/aromatic N) is 5. The van der Waals surface area contributed by atoms with Crippen LogP contribution in [0.5, 0.6) is 0 Å². The van der Waals surface area contributed by atoms with Crippen LogP contribution >= 0.6 is 0 Å². The van der Waals surface area contributed by atoms with E-state index in [1.54, 1.807) is 17.8 Å². The van der Waals surface area contributed by atoms with E-state index in [-0.39, 0.29) is 24.4 Å². The van der Waals surface area contributed by atoms with Crippen molar-refractivity contribution < 1.29 is 9.59 Å². The monoisotopic (exact) mass is 375 g/mol. The van der Waals surface area contributed by atoms with E-state index in [1.165, 1.54) is 19.3 Å². The lowest BCUT2D eigenvalue weighted by Gasteiger charge is -2.40. The summed E-state index contributed by atoms with van der Waals surface area (Å²) in [5, 5.41) is 4.21. The molecule has 0 saturated carbocycles. The van der Waals surface area contributed by atoms with Gasteiger partial charge in [-0.25, -0.2) is 0 Å². The van der Waals surface area contributed by atoms with Crippen molar-refractivity contribution in [2.75, 3.05) is 39.3 Å². The number of carbonyl (C=O) groups is 2. The zero-order valence-corrected chi connectivity index (χ0v) is 16.8. The molecule has 7 heteroatoms. The molecule has 27 heavy (non-hydrogen) atoms. The molecule has 7 nitrogen and oxygen atoms in total. The molecule has 0 aromatic carbocycles. The van der Waals surface area contributed by atoms with Gasteiger partial charge in [0.05, 0.1) is 6.20 Å². The zero-order chi connectivity index (χ0) is 19.2. The van der Waals surface area contributed by atoms with E-state index in [9.17, 15) is 9.59 Å². The second-order valence-corrected chi connectivity index (χ2v) is 7.97. The molecule has 0 radical (unpaired) electrons. The minimum atomic E-state index is 0.0855. The van der Waals surface area contributed by atoms with Gasteiger partial charge in [-0.05, 0) is 51.3 Å². The molecule has 1 unspecified atom stereocenters. The third kappa shape index (κ3) is 5.54. The minimum Gasteiger partial charge on any atom is -0.339 e. The average Bonchev–Trinajstić information content (AvgIpc) is 3.07. The van der Waals surface area contributed by atoms with Crippen molar-refractivity contribution in [1.82, 2.24) is 24.5 Å². The van der Waals surface area contributed by atoms with E-state index in [0.717, 1.165) is 51.1 Å². The van der Waals surface area contributed by atoms with Gasteiger partial charge in [0.1, 0.15) is 6.54 Å². The van der Waals surface area contributed by atoms with Gasteiger partial charge in [-0.3, -0.25) is 14.3 Å². The number of hydrogen-bond donors (Lipinski definition) is 0. The highest BCUT2D eigenvalue weighted by Crippen LogP contribution is 2.18. The normalized spacial score (nSPS) is 21.3. The van der Waals surface area contributed by atoms with Crippen LogP contribution in [0, 0.1) is 6.92 Å². The summed E-state index contributed by atoms with van der Waals surface area (Å²) in [6, 6.07) is 0.129. The molecular weight excluding hydrogens is 342 g/mol. The van der Waals surface area contributed by atoms with Crippen LogP contribution in [0.15, 0.2) is 12.4 Å². The fourth-order valence-electron chi connectivity index (χ4n) is 4.26. The summed E-state index contributed by atoms with van der Waals surface area (Å²) in [5.74, 6) is 0.205. The first-order valence-electron chi connectivity index (χ1n) is 10.3. The van der Waals surface area contributed by atoms with Crippen LogP contribution in [-0.4, -0.2) is 81.6 Å². The zero-order valence-electron chi connectivity index (χ0n) is 16.8. The van der Waals surface area contributed by atoms with E-state index in [0.29, 0.717) is 6.54 Å². The van der Waals surface area contributed by atoms with Crippen molar-refractivity contribution in [2.24, 2.45) is 0 Å². The topological polar surface area (TPSA) is 61.7 Å². The highest BCUT2D eigenvalue weighted by atomic mass is 16.2. The molecule has 3 heterocycles. The fourth-order valence-corrected chi connectivity index (χ4v) is 4.26. The molecule has 1 aromatic rings. The molecule has 0 aliphatic carbocycles. The highest BCUT2D eigenvalue weighted by Gasteiger charge is 2.29. The van der Waals surface area contributed by atoms with Crippen molar-refractivity contribution in [3.05, 3.63) is 18.0 Å². The number of amides is 2. The smallest absolute Gasteiger partial charge is 0.244 e. The van der Waals surface area contributed by atoms with Gasteiger partial charge in [0.25, 0.3) is 0 Å². The van der Waals surface area contributed by atoms with Gasteiger partial charge in [-0.2, -0.15) is 5.10 Å². The lowest BCUT2D eigenvalue weighted by atomic mass is 10.0. The first-order chi connectivity index (χ1) is 13.0. The third-order valence-electron chi connectivity index (χ3n) is 5.76. The molecule has 150 valence electrons. The van der Waals surface area contributed by atoms with Gasteiger partial charge in [-0.1, -0.05) is 6.42 Å². The second kappa shape index (κ2) is 9.35. The molecule has 0 spiro atoms. The van der Waals surface area contributed by atoms with Crippen molar-refractivity contribution in [3.63, 3.8) is 0 Å². The number of rotatable bonds is 6.